The average Bonchev–Trinajstić information content (AvgIpc) is 2.69. The number of rotatable bonds is 6. The fourth-order valence-corrected chi connectivity index (χ4v) is 3.19. The van der Waals surface area contributed by atoms with Crippen molar-refractivity contribution in [3.05, 3.63) is 89.0 Å². The Hall–Kier alpha value is -3.40. The number of aryl methyl sites for hydroxylation is 3. The second kappa shape index (κ2) is 9.00. The Kier molecular flexibility index (Phi) is 6.22. The van der Waals surface area contributed by atoms with Crippen molar-refractivity contribution in [3.8, 4) is 16.9 Å². The predicted molar refractivity (Wildman–Crippen MR) is 114 cm³/mol. The van der Waals surface area contributed by atoms with Crippen LogP contribution < -0.4 is 10.2 Å². The van der Waals surface area contributed by atoms with E-state index in [1.54, 1.807) is 6.21 Å². The fourth-order valence-electron chi connectivity index (χ4n) is 3.19. The monoisotopic (exact) mass is 372 g/mol. The number of ether oxygens (including phenoxy) is 1. The lowest BCUT2D eigenvalue weighted by molar-refractivity contribution is -0.123. The van der Waals surface area contributed by atoms with E-state index in [-0.39, 0.29) is 12.5 Å². The smallest absolute Gasteiger partial charge is 0.277 e. The predicted octanol–water partition coefficient (Wildman–Crippen LogP) is 4.81. The van der Waals surface area contributed by atoms with Crippen LogP contribution in [0.25, 0.3) is 11.1 Å². The molecule has 0 unspecified atom stereocenters. The minimum atomic E-state index is -0.304. The summed E-state index contributed by atoms with van der Waals surface area (Å²) in [5.41, 5.74) is 9.01. The van der Waals surface area contributed by atoms with Crippen LogP contribution in [-0.4, -0.2) is 18.7 Å². The highest BCUT2D eigenvalue weighted by Gasteiger charge is 2.08. The van der Waals surface area contributed by atoms with Gasteiger partial charge in [-0.1, -0.05) is 66.2 Å². The standard InChI is InChI=1S/C24H24N2O2/c1-17-13-18(2)22(19(3)14-17)15-25-26-24(27)16-28-23-12-8-7-11-21(23)20-9-5-4-6-10-20/h4-15H,16H2,1-3H3,(H,26,27). The largest absolute Gasteiger partial charge is 0.483 e. The molecule has 3 aromatic carbocycles. The molecule has 0 aliphatic heterocycles. The molecule has 0 fully saturated rings. The van der Waals surface area contributed by atoms with Gasteiger partial charge in [-0.3, -0.25) is 4.79 Å². The highest BCUT2D eigenvalue weighted by molar-refractivity contribution is 5.86. The van der Waals surface area contributed by atoms with Gasteiger partial charge < -0.3 is 4.74 Å². The molecule has 0 aromatic heterocycles. The molecule has 3 aromatic rings. The molecule has 3 rings (SSSR count). The molecule has 4 heteroatoms. The van der Waals surface area contributed by atoms with Crippen LogP contribution in [0, 0.1) is 20.8 Å². The summed E-state index contributed by atoms with van der Waals surface area (Å²) in [5, 5.41) is 4.08. The number of benzene rings is 3. The van der Waals surface area contributed by atoms with Gasteiger partial charge in [-0.15, -0.1) is 0 Å². The molecule has 1 N–H and O–H groups in total. The SMILES string of the molecule is Cc1cc(C)c(C=NNC(=O)COc2ccccc2-c2ccccc2)c(C)c1. The summed E-state index contributed by atoms with van der Waals surface area (Å²) >= 11 is 0. The Morgan fingerprint density at radius 1 is 0.964 bits per heavy atom. The van der Waals surface area contributed by atoms with Gasteiger partial charge in [-0.25, -0.2) is 5.43 Å². The highest BCUT2D eigenvalue weighted by Crippen LogP contribution is 2.29. The average molecular weight is 372 g/mol. The topological polar surface area (TPSA) is 50.7 Å². The van der Waals surface area contributed by atoms with Gasteiger partial charge in [0.25, 0.3) is 5.91 Å². The molecule has 4 nitrogen and oxygen atoms in total. The Morgan fingerprint density at radius 3 is 2.32 bits per heavy atom. The fraction of sp³-hybridized carbons (Fsp3) is 0.167. The van der Waals surface area contributed by atoms with E-state index >= 15 is 0 Å². The summed E-state index contributed by atoms with van der Waals surface area (Å²) in [7, 11) is 0. The van der Waals surface area contributed by atoms with Crippen LogP contribution in [0.4, 0.5) is 0 Å². The number of hydrogen-bond donors (Lipinski definition) is 1. The van der Waals surface area contributed by atoms with Crippen molar-refractivity contribution in [1.29, 1.82) is 0 Å². The summed E-state index contributed by atoms with van der Waals surface area (Å²) in [6.45, 7) is 6.03. The van der Waals surface area contributed by atoms with Crippen molar-refractivity contribution < 1.29 is 9.53 Å². The summed E-state index contributed by atoms with van der Waals surface area (Å²) in [5.74, 6) is 0.361. The zero-order valence-corrected chi connectivity index (χ0v) is 16.4. The molecule has 28 heavy (non-hydrogen) atoms. The van der Waals surface area contributed by atoms with Gasteiger partial charge in [0.2, 0.25) is 0 Å². The van der Waals surface area contributed by atoms with Gasteiger partial charge in [-0.05, 0) is 43.5 Å². The molecule has 142 valence electrons. The molecule has 0 aliphatic rings. The van der Waals surface area contributed by atoms with E-state index in [0.717, 1.165) is 27.8 Å². The first kappa shape index (κ1) is 19.4. The van der Waals surface area contributed by atoms with Crippen molar-refractivity contribution in [2.24, 2.45) is 5.10 Å². The number of carbonyl (C=O) groups excluding carboxylic acids is 1. The first-order chi connectivity index (χ1) is 13.5. The van der Waals surface area contributed by atoms with E-state index < -0.39 is 0 Å². The van der Waals surface area contributed by atoms with E-state index in [2.05, 4.69) is 29.6 Å². The second-order valence-corrected chi connectivity index (χ2v) is 6.76. The molecule has 0 spiro atoms. The zero-order valence-electron chi connectivity index (χ0n) is 16.4. The Labute approximate surface area is 165 Å². The van der Waals surface area contributed by atoms with Crippen LogP contribution in [0.2, 0.25) is 0 Å². The van der Waals surface area contributed by atoms with Crippen LogP contribution in [0.5, 0.6) is 5.75 Å². The molecule has 0 bridgehead atoms. The van der Waals surface area contributed by atoms with Crippen LogP contribution >= 0.6 is 0 Å². The Bertz CT molecular complexity index is 971. The first-order valence-electron chi connectivity index (χ1n) is 9.21. The lowest BCUT2D eigenvalue weighted by Crippen LogP contribution is -2.24. The maximum atomic E-state index is 12.1. The van der Waals surface area contributed by atoms with E-state index in [1.165, 1.54) is 5.56 Å². The van der Waals surface area contributed by atoms with Gasteiger partial charge in [0.1, 0.15) is 5.75 Å². The van der Waals surface area contributed by atoms with Crippen molar-refractivity contribution in [3.63, 3.8) is 0 Å². The Balaban J connectivity index is 1.62. The summed E-state index contributed by atoms with van der Waals surface area (Å²) in [4.78, 5) is 12.1. The number of hydrogen-bond acceptors (Lipinski definition) is 3. The van der Waals surface area contributed by atoms with Crippen molar-refractivity contribution in [1.82, 2.24) is 5.43 Å². The number of para-hydroxylation sites is 1. The molecule has 0 saturated heterocycles. The van der Waals surface area contributed by atoms with Gasteiger partial charge in [0.15, 0.2) is 6.61 Å². The quantitative estimate of drug-likeness (QED) is 0.499. The lowest BCUT2D eigenvalue weighted by atomic mass is 10.0. The Morgan fingerprint density at radius 2 is 1.61 bits per heavy atom. The number of nitrogens with zero attached hydrogens (tertiary/aromatic N) is 1. The number of amides is 1. The third kappa shape index (κ3) is 4.86. The number of carbonyl (C=O) groups is 1. The highest BCUT2D eigenvalue weighted by atomic mass is 16.5. The third-order valence-electron chi connectivity index (χ3n) is 4.45. The maximum absolute atomic E-state index is 12.1. The number of hydrazone groups is 1. The first-order valence-corrected chi connectivity index (χ1v) is 9.21. The van der Waals surface area contributed by atoms with E-state index in [1.807, 2.05) is 68.4 Å². The van der Waals surface area contributed by atoms with Gasteiger partial charge in [0, 0.05) is 11.1 Å². The number of nitrogens with one attached hydrogen (secondary N) is 1. The van der Waals surface area contributed by atoms with Crippen LogP contribution in [0.3, 0.4) is 0 Å². The van der Waals surface area contributed by atoms with Crippen LogP contribution in [0.15, 0.2) is 71.8 Å². The van der Waals surface area contributed by atoms with Gasteiger partial charge >= 0.3 is 0 Å². The van der Waals surface area contributed by atoms with Crippen molar-refractivity contribution in [2.45, 2.75) is 20.8 Å². The van der Waals surface area contributed by atoms with E-state index in [9.17, 15) is 4.79 Å². The summed E-state index contributed by atoms with van der Waals surface area (Å²) in [6.07, 6.45) is 1.68. The van der Waals surface area contributed by atoms with E-state index in [0.29, 0.717) is 5.75 Å². The van der Waals surface area contributed by atoms with Gasteiger partial charge in [-0.2, -0.15) is 5.10 Å². The second-order valence-electron chi connectivity index (χ2n) is 6.76. The molecule has 0 heterocycles. The zero-order chi connectivity index (χ0) is 19.9. The maximum Gasteiger partial charge on any atom is 0.277 e. The normalized spacial score (nSPS) is 10.8. The van der Waals surface area contributed by atoms with Crippen LogP contribution in [0.1, 0.15) is 22.3 Å². The molecule has 1 amide bonds. The minimum Gasteiger partial charge on any atom is -0.483 e. The lowest BCUT2D eigenvalue weighted by Gasteiger charge is -2.11. The third-order valence-corrected chi connectivity index (χ3v) is 4.45. The van der Waals surface area contributed by atoms with E-state index in [4.69, 9.17) is 4.74 Å². The molecular formula is C24H24N2O2. The molecule has 0 aliphatic carbocycles. The van der Waals surface area contributed by atoms with Crippen LogP contribution in [-0.2, 0) is 4.79 Å². The molecular weight excluding hydrogens is 348 g/mol. The molecule has 0 atom stereocenters. The molecule has 0 saturated carbocycles. The van der Waals surface area contributed by atoms with Crippen molar-refractivity contribution in [2.75, 3.05) is 6.61 Å². The van der Waals surface area contributed by atoms with Crippen molar-refractivity contribution >= 4 is 12.1 Å². The molecule has 0 radical (unpaired) electrons. The van der Waals surface area contributed by atoms with Gasteiger partial charge in [0.05, 0.1) is 6.21 Å². The summed E-state index contributed by atoms with van der Waals surface area (Å²) in [6, 6.07) is 21.8. The minimum absolute atomic E-state index is 0.104. The summed E-state index contributed by atoms with van der Waals surface area (Å²) < 4.78 is 5.73.